The van der Waals surface area contributed by atoms with Gasteiger partial charge < -0.3 is 5.32 Å². The van der Waals surface area contributed by atoms with Crippen molar-refractivity contribution in [2.24, 2.45) is 0 Å². The average molecular weight is 285 g/mol. The first-order valence-corrected chi connectivity index (χ1v) is 7.55. The molecular weight excluding hydrogens is 265 g/mol. The van der Waals surface area contributed by atoms with Crippen LogP contribution in [0.5, 0.6) is 0 Å². The second-order valence-electron chi connectivity index (χ2n) is 5.56. The molecule has 0 saturated carbocycles. The van der Waals surface area contributed by atoms with Gasteiger partial charge in [0.1, 0.15) is 5.82 Å². The maximum Gasteiger partial charge on any atom is 0.159 e. The number of hydrogen-bond acceptors (Lipinski definition) is 3. The van der Waals surface area contributed by atoms with Crippen LogP contribution in [0.2, 0.25) is 0 Å². The Kier molecular flexibility index (Phi) is 3.97. The van der Waals surface area contributed by atoms with Crippen molar-refractivity contribution in [2.75, 3.05) is 6.54 Å². The summed E-state index contributed by atoms with van der Waals surface area (Å²) in [6.45, 7) is 5.67. The number of halogens is 1. The summed E-state index contributed by atoms with van der Waals surface area (Å²) >= 11 is 0. The molecule has 0 atom stereocenters. The van der Waals surface area contributed by atoms with Gasteiger partial charge in [-0.05, 0) is 43.5 Å². The number of fused-ring (bicyclic) bond motifs is 1. The van der Waals surface area contributed by atoms with E-state index in [0.717, 1.165) is 49.3 Å². The molecule has 1 aliphatic rings. The van der Waals surface area contributed by atoms with Crippen molar-refractivity contribution in [2.45, 2.75) is 39.7 Å². The van der Waals surface area contributed by atoms with E-state index in [4.69, 9.17) is 4.98 Å². The molecule has 1 aliphatic heterocycles. The van der Waals surface area contributed by atoms with E-state index >= 15 is 0 Å². The van der Waals surface area contributed by atoms with E-state index in [1.165, 1.54) is 11.6 Å². The van der Waals surface area contributed by atoms with Gasteiger partial charge in [-0.25, -0.2) is 14.4 Å². The Morgan fingerprint density at radius 1 is 1.29 bits per heavy atom. The molecule has 0 radical (unpaired) electrons. The van der Waals surface area contributed by atoms with Gasteiger partial charge in [-0.1, -0.05) is 25.5 Å². The third-order valence-electron chi connectivity index (χ3n) is 3.94. The number of aryl methyl sites for hydroxylation is 2. The largest absolute Gasteiger partial charge is 0.311 e. The van der Waals surface area contributed by atoms with E-state index in [9.17, 15) is 4.39 Å². The number of benzene rings is 1. The van der Waals surface area contributed by atoms with Crippen LogP contribution in [-0.2, 0) is 19.4 Å². The van der Waals surface area contributed by atoms with Crippen LogP contribution in [0, 0.1) is 12.7 Å². The van der Waals surface area contributed by atoms with Gasteiger partial charge in [-0.2, -0.15) is 0 Å². The minimum atomic E-state index is -0.205. The van der Waals surface area contributed by atoms with Crippen LogP contribution in [0.25, 0.3) is 11.4 Å². The highest BCUT2D eigenvalue weighted by Crippen LogP contribution is 2.24. The third kappa shape index (κ3) is 2.81. The Labute approximate surface area is 124 Å². The van der Waals surface area contributed by atoms with Gasteiger partial charge in [0.15, 0.2) is 5.82 Å². The molecule has 2 aromatic rings. The van der Waals surface area contributed by atoms with Crippen molar-refractivity contribution in [3.05, 3.63) is 46.5 Å². The molecule has 2 heterocycles. The van der Waals surface area contributed by atoms with Crippen molar-refractivity contribution in [3.8, 4) is 11.4 Å². The lowest BCUT2D eigenvalue weighted by molar-refractivity contribution is 0.612. The zero-order valence-corrected chi connectivity index (χ0v) is 12.5. The number of aromatic nitrogens is 2. The molecule has 1 N–H and O–H groups in total. The molecule has 21 heavy (non-hydrogen) atoms. The molecule has 0 amide bonds. The summed E-state index contributed by atoms with van der Waals surface area (Å²) in [4.78, 5) is 9.37. The third-order valence-corrected chi connectivity index (χ3v) is 3.94. The fourth-order valence-corrected chi connectivity index (χ4v) is 2.74. The van der Waals surface area contributed by atoms with Crippen molar-refractivity contribution >= 4 is 0 Å². The van der Waals surface area contributed by atoms with Gasteiger partial charge >= 0.3 is 0 Å². The van der Waals surface area contributed by atoms with Crippen LogP contribution in [0.1, 0.15) is 35.9 Å². The van der Waals surface area contributed by atoms with Crippen LogP contribution < -0.4 is 5.32 Å². The Bertz CT molecular complexity index is 667. The molecule has 4 heteroatoms. The van der Waals surface area contributed by atoms with Crippen LogP contribution in [0.15, 0.2) is 18.2 Å². The molecule has 0 unspecified atom stereocenters. The minimum absolute atomic E-state index is 0.205. The standard InChI is InChI=1S/C17H20FN3/c1-3-4-15-13-7-8-19-10-16(13)21-17(20-15)12-6-5-11(2)14(18)9-12/h5-6,9,19H,3-4,7-8,10H2,1-2H3. The van der Waals surface area contributed by atoms with Crippen LogP contribution >= 0.6 is 0 Å². The van der Waals surface area contributed by atoms with Crippen LogP contribution in [0.3, 0.4) is 0 Å². The lowest BCUT2D eigenvalue weighted by atomic mass is 10.0. The molecule has 1 aromatic heterocycles. The lowest BCUT2D eigenvalue weighted by Gasteiger charge is -2.20. The maximum atomic E-state index is 13.8. The summed E-state index contributed by atoms with van der Waals surface area (Å²) in [5, 5.41) is 3.35. The second kappa shape index (κ2) is 5.90. The first kappa shape index (κ1) is 14.1. The van der Waals surface area contributed by atoms with E-state index in [0.29, 0.717) is 11.4 Å². The van der Waals surface area contributed by atoms with E-state index in [2.05, 4.69) is 17.2 Å². The zero-order valence-electron chi connectivity index (χ0n) is 12.5. The molecule has 3 nitrogen and oxygen atoms in total. The number of nitrogens with one attached hydrogen (secondary N) is 1. The molecule has 0 saturated heterocycles. The van der Waals surface area contributed by atoms with Crippen molar-refractivity contribution in [1.29, 1.82) is 0 Å². The van der Waals surface area contributed by atoms with Crippen LogP contribution in [-0.4, -0.2) is 16.5 Å². The smallest absolute Gasteiger partial charge is 0.159 e. The topological polar surface area (TPSA) is 37.8 Å². The first-order chi connectivity index (χ1) is 10.2. The lowest BCUT2D eigenvalue weighted by Crippen LogP contribution is -2.26. The predicted molar refractivity (Wildman–Crippen MR) is 81.6 cm³/mol. The highest BCUT2D eigenvalue weighted by Gasteiger charge is 2.18. The summed E-state index contributed by atoms with van der Waals surface area (Å²) in [5.74, 6) is 0.434. The van der Waals surface area contributed by atoms with Gasteiger partial charge in [0.25, 0.3) is 0 Å². The van der Waals surface area contributed by atoms with Gasteiger partial charge in [0, 0.05) is 17.8 Å². The van der Waals surface area contributed by atoms with Crippen molar-refractivity contribution < 1.29 is 4.39 Å². The molecular formula is C17H20FN3. The predicted octanol–water partition coefficient (Wildman–Crippen LogP) is 3.19. The Balaban J connectivity index is 2.09. The molecule has 1 aromatic carbocycles. The molecule has 0 spiro atoms. The van der Waals surface area contributed by atoms with E-state index < -0.39 is 0 Å². The maximum absolute atomic E-state index is 13.8. The number of hydrogen-bond donors (Lipinski definition) is 1. The summed E-state index contributed by atoms with van der Waals surface area (Å²) in [7, 11) is 0. The summed E-state index contributed by atoms with van der Waals surface area (Å²) in [6, 6.07) is 5.21. The van der Waals surface area contributed by atoms with Gasteiger partial charge in [-0.15, -0.1) is 0 Å². The summed E-state index contributed by atoms with van der Waals surface area (Å²) in [5.41, 5.74) is 4.87. The molecule has 0 fully saturated rings. The normalized spacial score (nSPS) is 14.0. The van der Waals surface area contributed by atoms with E-state index in [1.54, 1.807) is 13.0 Å². The monoisotopic (exact) mass is 285 g/mol. The Hall–Kier alpha value is -1.81. The second-order valence-corrected chi connectivity index (χ2v) is 5.56. The average Bonchev–Trinajstić information content (AvgIpc) is 2.50. The summed E-state index contributed by atoms with van der Waals surface area (Å²) in [6.07, 6.45) is 2.98. The fourth-order valence-electron chi connectivity index (χ4n) is 2.74. The van der Waals surface area contributed by atoms with Crippen molar-refractivity contribution in [3.63, 3.8) is 0 Å². The Morgan fingerprint density at radius 2 is 2.14 bits per heavy atom. The van der Waals surface area contributed by atoms with Crippen LogP contribution in [0.4, 0.5) is 4.39 Å². The molecule has 0 aliphatic carbocycles. The first-order valence-electron chi connectivity index (χ1n) is 7.55. The fraction of sp³-hybridized carbons (Fsp3) is 0.412. The van der Waals surface area contributed by atoms with Crippen molar-refractivity contribution in [1.82, 2.24) is 15.3 Å². The summed E-state index contributed by atoms with van der Waals surface area (Å²) < 4.78 is 13.8. The van der Waals surface area contributed by atoms with Gasteiger partial charge in [-0.3, -0.25) is 0 Å². The number of nitrogens with zero attached hydrogens (tertiary/aromatic N) is 2. The SMILES string of the molecule is CCCc1nc(-c2ccc(C)c(F)c2)nc2c1CCNC2. The Morgan fingerprint density at radius 3 is 2.90 bits per heavy atom. The number of rotatable bonds is 3. The van der Waals surface area contributed by atoms with E-state index in [1.807, 2.05) is 6.07 Å². The minimum Gasteiger partial charge on any atom is -0.311 e. The molecule has 110 valence electrons. The van der Waals surface area contributed by atoms with Gasteiger partial charge in [0.05, 0.1) is 5.69 Å². The highest BCUT2D eigenvalue weighted by atomic mass is 19.1. The quantitative estimate of drug-likeness (QED) is 0.941. The highest BCUT2D eigenvalue weighted by molar-refractivity contribution is 5.57. The zero-order chi connectivity index (χ0) is 14.8. The van der Waals surface area contributed by atoms with E-state index in [-0.39, 0.29) is 5.82 Å². The molecule has 3 rings (SSSR count). The molecule has 0 bridgehead atoms. The van der Waals surface area contributed by atoms with Gasteiger partial charge in [0.2, 0.25) is 0 Å².